The number of hydrogen-bond donors (Lipinski definition) is 1. The number of nitrogens with one attached hydrogen (secondary N) is 1. The third-order valence-corrected chi connectivity index (χ3v) is 3.20. The molecular weight excluding hydrogens is 276 g/mol. The van der Waals surface area contributed by atoms with Gasteiger partial charge >= 0.3 is 0 Å². The van der Waals surface area contributed by atoms with Crippen molar-refractivity contribution in [3.8, 4) is 0 Å². The molecule has 0 amide bonds. The van der Waals surface area contributed by atoms with Crippen LogP contribution < -0.4 is 5.32 Å². The predicted octanol–water partition coefficient (Wildman–Crippen LogP) is 3.66. The molecule has 0 saturated heterocycles. The summed E-state index contributed by atoms with van der Waals surface area (Å²) in [5.41, 5.74) is 1.18. The molecule has 0 aliphatic rings. The van der Waals surface area contributed by atoms with E-state index >= 15 is 0 Å². The van der Waals surface area contributed by atoms with Gasteiger partial charge in [-0.05, 0) is 65.8 Å². The fraction of sp³-hybridized carbons (Fsp3) is 0.643. The largest absolute Gasteiger partial charge is 0.316 e. The molecular formula is C14H23BrN2. The summed E-state index contributed by atoms with van der Waals surface area (Å²) in [5.74, 6) is 1.44. The Bertz CT molecular complexity index is 309. The van der Waals surface area contributed by atoms with Crippen LogP contribution in [0.2, 0.25) is 0 Å². The number of hydrogen-bond acceptors (Lipinski definition) is 2. The predicted molar refractivity (Wildman–Crippen MR) is 77.1 cm³/mol. The van der Waals surface area contributed by atoms with Crippen LogP contribution in [-0.2, 0) is 6.42 Å². The number of aryl methyl sites for hydroxylation is 1. The van der Waals surface area contributed by atoms with Gasteiger partial charge in [0.1, 0.15) is 0 Å². The lowest BCUT2D eigenvalue weighted by molar-refractivity contribution is 0.452. The molecule has 0 fully saturated rings. The average Bonchev–Trinajstić information content (AvgIpc) is 2.28. The molecule has 1 aromatic rings. The SMILES string of the molecule is CC(C)CNCC(C)CCc1ccc(Br)cn1. The van der Waals surface area contributed by atoms with Gasteiger partial charge in [-0.2, -0.15) is 0 Å². The molecule has 1 atom stereocenters. The van der Waals surface area contributed by atoms with E-state index in [9.17, 15) is 0 Å². The van der Waals surface area contributed by atoms with E-state index in [1.54, 1.807) is 0 Å². The lowest BCUT2D eigenvalue weighted by Gasteiger charge is -2.13. The third kappa shape index (κ3) is 6.79. The van der Waals surface area contributed by atoms with Crippen molar-refractivity contribution in [1.29, 1.82) is 0 Å². The van der Waals surface area contributed by atoms with E-state index in [2.05, 4.69) is 59.1 Å². The van der Waals surface area contributed by atoms with Gasteiger partial charge in [0.25, 0.3) is 0 Å². The van der Waals surface area contributed by atoms with Crippen LogP contribution in [0.15, 0.2) is 22.8 Å². The Morgan fingerprint density at radius 1 is 1.24 bits per heavy atom. The fourth-order valence-corrected chi connectivity index (χ4v) is 1.90. The minimum atomic E-state index is 0.708. The minimum absolute atomic E-state index is 0.708. The second-order valence-electron chi connectivity index (χ2n) is 5.16. The summed E-state index contributed by atoms with van der Waals surface area (Å²) in [5, 5.41) is 3.50. The van der Waals surface area contributed by atoms with Gasteiger partial charge in [0.15, 0.2) is 0 Å². The van der Waals surface area contributed by atoms with Gasteiger partial charge in [-0.15, -0.1) is 0 Å². The maximum Gasteiger partial charge on any atom is 0.0413 e. The molecule has 1 aromatic heterocycles. The smallest absolute Gasteiger partial charge is 0.0413 e. The van der Waals surface area contributed by atoms with Crippen molar-refractivity contribution in [3.05, 3.63) is 28.5 Å². The number of aromatic nitrogens is 1. The Morgan fingerprint density at radius 3 is 2.59 bits per heavy atom. The quantitative estimate of drug-likeness (QED) is 0.831. The summed E-state index contributed by atoms with van der Waals surface area (Å²) in [6.45, 7) is 8.99. The van der Waals surface area contributed by atoms with Crippen LogP contribution in [0, 0.1) is 11.8 Å². The lowest BCUT2D eigenvalue weighted by Crippen LogP contribution is -2.25. The van der Waals surface area contributed by atoms with E-state index in [0.29, 0.717) is 5.92 Å². The second-order valence-corrected chi connectivity index (χ2v) is 6.08. The Morgan fingerprint density at radius 2 is 2.00 bits per heavy atom. The second kappa shape index (κ2) is 7.83. The molecule has 2 nitrogen and oxygen atoms in total. The fourth-order valence-electron chi connectivity index (χ4n) is 1.67. The Balaban J connectivity index is 2.19. The molecule has 96 valence electrons. The van der Waals surface area contributed by atoms with E-state index in [0.717, 1.165) is 29.9 Å². The van der Waals surface area contributed by atoms with Gasteiger partial charge in [0.2, 0.25) is 0 Å². The molecule has 1 unspecified atom stereocenters. The van der Waals surface area contributed by atoms with E-state index in [1.165, 1.54) is 12.1 Å². The molecule has 1 rings (SSSR count). The number of rotatable bonds is 7. The number of halogens is 1. The van der Waals surface area contributed by atoms with Crippen molar-refractivity contribution in [3.63, 3.8) is 0 Å². The van der Waals surface area contributed by atoms with Gasteiger partial charge in [0, 0.05) is 16.4 Å². The first-order valence-corrected chi connectivity index (χ1v) is 7.18. The first-order valence-electron chi connectivity index (χ1n) is 6.39. The highest BCUT2D eigenvalue weighted by molar-refractivity contribution is 9.10. The number of pyridine rings is 1. The van der Waals surface area contributed by atoms with Crippen LogP contribution in [0.4, 0.5) is 0 Å². The van der Waals surface area contributed by atoms with Crippen molar-refractivity contribution < 1.29 is 0 Å². The van der Waals surface area contributed by atoms with E-state index in [1.807, 2.05) is 6.20 Å². The molecule has 1 N–H and O–H groups in total. The molecule has 17 heavy (non-hydrogen) atoms. The lowest BCUT2D eigenvalue weighted by atomic mass is 10.0. The van der Waals surface area contributed by atoms with Crippen LogP contribution >= 0.6 is 15.9 Å². The Kier molecular flexibility index (Phi) is 6.75. The van der Waals surface area contributed by atoms with Crippen molar-refractivity contribution in [2.24, 2.45) is 11.8 Å². The van der Waals surface area contributed by atoms with E-state index in [4.69, 9.17) is 0 Å². The maximum atomic E-state index is 4.39. The highest BCUT2D eigenvalue weighted by atomic mass is 79.9. The Labute approximate surface area is 113 Å². The molecule has 0 aromatic carbocycles. The summed E-state index contributed by atoms with van der Waals surface area (Å²) in [6.07, 6.45) is 4.13. The molecule has 0 aliphatic heterocycles. The topological polar surface area (TPSA) is 24.9 Å². The summed E-state index contributed by atoms with van der Waals surface area (Å²) >= 11 is 3.40. The molecule has 1 heterocycles. The van der Waals surface area contributed by atoms with E-state index in [-0.39, 0.29) is 0 Å². The van der Waals surface area contributed by atoms with Gasteiger partial charge in [-0.1, -0.05) is 20.8 Å². The normalized spacial score (nSPS) is 13.0. The first kappa shape index (κ1) is 14.7. The van der Waals surface area contributed by atoms with Crippen molar-refractivity contribution >= 4 is 15.9 Å². The zero-order chi connectivity index (χ0) is 12.7. The zero-order valence-electron chi connectivity index (χ0n) is 11.0. The van der Waals surface area contributed by atoms with Crippen molar-refractivity contribution in [2.45, 2.75) is 33.6 Å². The third-order valence-electron chi connectivity index (χ3n) is 2.73. The highest BCUT2D eigenvalue weighted by Gasteiger charge is 2.03. The van der Waals surface area contributed by atoms with Crippen LogP contribution in [-0.4, -0.2) is 18.1 Å². The van der Waals surface area contributed by atoms with Crippen LogP contribution in [0.25, 0.3) is 0 Å². The van der Waals surface area contributed by atoms with Gasteiger partial charge < -0.3 is 5.32 Å². The van der Waals surface area contributed by atoms with Crippen molar-refractivity contribution in [2.75, 3.05) is 13.1 Å². The molecule has 0 aliphatic carbocycles. The van der Waals surface area contributed by atoms with E-state index < -0.39 is 0 Å². The van der Waals surface area contributed by atoms with Gasteiger partial charge in [0.05, 0.1) is 0 Å². The zero-order valence-corrected chi connectivity index (χ0v) is 12.6. The summed E-state index contributed by atoms with van der Waals surface area (Å²) in [7, 11) is 0. The van der Waals surface area contributed by atoms with Gasteiger partial charge in [-0.3, -0.25) is 4.98 Å². The average molecular weight is 299 g/mol. The highest BCUT2D eigenvalue weighted by Crippen LogP contribution is 2.11. The molecule has 0 spiro atoms. The van der Waals surface area contributed by atoms with Crippen molar-refractivity contribution in [1.82, 2.24) is 10.3 Å². The number of nitrogens with zero attached hydrogens (tertiary/aromatic N) is 1. The molecule has 0 radical (unpaired) electrons. The first-order chi connectivity index (χ1) is 8.08. The molecule has 3 heteroatoms. The summed E-state index contributed by atoms with van der Waals surface area (Å²) in [6, 6.07) is 4.16. The maximum absolute atomic E-state index is 4.39. The summed E-state index contributed by atoms with van der Waals surface area (Å²) in [4.78, 5) is 4.39. The molecule has 0 saturated carbocycles. The monoisotopic (exact) mass is 298 g/mol. The standard InChI is InChI=1S/C14H23BrN2/c1-11(2)8-16-9-12(3)4-6-14-7-5-13(15)10-17-14/h5,7,10-12,16H,4,6,8-9H2,1-3H3. The van der Waals surface area contributed by atoms with Crippen LogP contribution in [0.5, 0.6) is 0 Å². The van der Waals surface area contributed by atoms with Crippen LogP contribution in [0.3, 0.4) is 0 Å². The minimum Gasteiger partial charge on any atom is -0.316 e. The van der Waals surface area contributed by atoms with Gasteiger partial charge in [-0.25, -0.2) is 0 Å². The molecule has 0 bridgehead atoms. The summed E-state index contributed by atoms with van der Waals surface area (Å²) < 4.78 is 1.05. The Hall–Kier alpha value is -0.410. The van der Waals surface area contributed by atoms with Crippen LogP contribution in [0.1, 0.15) is 32.9 Å².